The summed E-state index contributed by atoms with van der Waals surface area (Å²) in [6.45, 7) is 6.47. The van der Waals surface area contributed by atoms with E-state index in [2.05, 4.69) is 27.6 Å². The van der Waals surface area contributed by atoms with E-state index in [0.29, 0.717) is 6.04 Å². The van der Waals surface area contributed by atoms with Crippen LogP contribution in [-0.2, 0) is 13.1 Å². The molecule has 1 aliphatic heterocycles. The van der Waals surface area contributed by atoms with E-state index in [1.807, 2.05) is 6.20 Å². The molecule has 1 atom stereocenters. The fourth-order valence-corrected chi connectivity index (χ4v) is 2.28. The molecule has 0 saturated heterocycles. The summed E-state index contributed by atoms with van der Waals surface area (Å²) in [5.41, 5.74) is 6.03. The van der Waals surface area contributed by atoms with E-state index >= 15 is 0 Å². The van der Waals surface area contributed by atoms with Gasteiger partial charge in [-0.2, -0.15) is 0 Å². The second kappa shape index (κ2) is 5.46. The summed E-state index contributed by atoms with van der Waals surface area (Å²) < 4.78 is 2.24. The van der Waals surface area contributed by atoms with Crippen molar-refractivity contribution >= 4 is 0 Å². The number of rotatable bonds is 5. The first-order valence-corrected chi connectivity index (χ1v) is 6.27. The van der Waals surface area contributed by atoms with Gasteiger partial charge < -0.3 is 10.3 Å². The van der Waals surface area contributed by atoms with Gasteiger partial charge >= 0.3 is 0 Å². The first-order valence-electron chi connectivity index (χ1n) is 6.27. The average molecular weight is 222 g/mol. The van der Waals surface area contributed by atoms with E-state index in [1.54, 1.807) is 0 Å². The minimum Gasteiger partial charge on any atom is -0.333 e. The maximum Gasteiger partial charge on any atom is 0.122 e. The molecule has 1 aromatic heterocycles. The zero-order chi connectivity index (χ0) is 11.4. The third-order valence-corrected chi connectivity index (χ3v) is 3.30. The van der Waals surface area contributed by atoms with Crippen molar-refractivity contribution in [3.05, 3.63) is 18.2 Å². The Morgan fingerprint density at radius 2 is 2.31 bits per heavy atom. The van der Waals surface area contributed by atoms with Crippen LogP contribution in [-0.4, -0.2) is 33.6 Å². The van der Waals surface area contributed by atoms with Gasteiger partial charge in [0, 0.05) is 38.1 Å². The maximum absolute atomic E-state index is 6.03. The van der Waals surface area contributed by atoms with Crippen molar-refractivity contribution in [2.75, 3.05) is 13.1 Å². The molecule has 1 unspecified atom stereocenters. The summed E-state index contributed by atoms with van der Waals surface area (Å²) in [6, 6.07) is 0.367. The molecule has 0 aliphatic carbocycles. The van der Waals surface area contributed by atoms with Crippen LogP contribution < -0.4 is 5.73 Å². The molecule has 1 aliphatic rings. The summed E-state index contributed by atoms with van der Waals surface area (Å²) in [7, 11) is 0. The second-order valence-electron chi connectivity index (χ2n) is 4.65. The summed E-state index contributed by atoms with van der Waals surface area (Å²) in [6.07, 6.45) is 7.39. The van der Waals surface area contributed by atoms with Crippen LogP contribution in [0, 0.1) is 0 Å². The molecule has 4 nitrogen and oxygen atoms in total. The lowest BCUT2D eigenvalue weighted by Gasteiger charge is -2.28. The number of hydrogen-bond donors (Lipinski definition) is 1. The molecule has 0 saturated carbocycles. The van der Waals surface area contributed by atoms with Gasteiger partial charge in [-0.1, -0.05) is 13.3 Å². The van der Waals surface area contributed by atoms with Gasteiger partial charge in [-0.3, -0.25) is 4.90 Å². The molecule has 16 heavy (non-hydrogen) atoms. The molecular weight excluding hydrogens is 200 g/mol. The highest BCUT2D eigenvalue weighted by molar-refractivity contribution is 4.95. The van der Waals surface area contributed by atoms with Crippen LogP contribution in [0.1, 0.15) is 32.0 Å². The Morgan fingerprint density at radius 3 is 3.12 bits per heavy atom. The Kier molecular flexibility index (Phi) is 3.96. The number of nitrogens with two attached hydrogens (primary N) is 1. The van der Waals surface area contributed by atoms with Gasteiger partial charge in [-0.15, -0.1) is 0 Å². The molecule has 90 valence electrons. The SMILES string of the molecule is CCCC(N)CCN1CCn2ccnc2C1. The van der Waals surface area contributed by atoms with E-state index in [-0.39, 0.29) is 0 Å². The summed E-state index contributed by atoms with van der Waals surface area (Å²) in [5.74, 6) is 1.19. The van der Waals surface area contributed by atoms with Crippen molar-refractivity contribution in [3.8, 4) is 0 Å². The second-order valence-corrected chi connectivity index (χ2v) is 4.65. The molecule has 2 N–H and O–H groups in total. The highest BCUT2D eigenvalue weighted by Gasteiger charge is 2.16. The van der Waals surface area contributed by atoms with Gasteiger partial charge in [-0.05, 0) is 12.8 Å². The quantitative estimate of drug-likeness (QED) is 0.814. The smallest absolute Gasteiger partial charge is 0.122 e. The lowest BCUT2D eigenvalue weighted by Crippen LogP contribution is -2.36. The van der Waals surface area contributed by atoms with E-state index in [9.17, 15) is 0 Å². The summed E-state index contributed by atoms with van der Waals surface area (Å²) >= 11 is 0. The highest BCUT2D eigenvalue weighted by atomic mass is 15.2. The van der Waals surface area contributed by atoms with E-state index in [4.69, 9.17) is 5.73 Å². The number of imidazole rings is 1. The van der Waals surface area contributed by atoms with Crippen LogP contribution in [0.3, 0.4) is 0 Å². The zero-order valence-corrected chi connectivity index (χ0v) is 10.1. The molecule has 0 fully saturated rings. The summed E-state index contributed by atoms with van der Waals surface area (Å²) in [5, 5.41) is 0. The Morgan fingerprint density at radius 1 is 1.44 bits per heavy atom. The topological polar surface area (TPSA) is 47.1 Å². The first kappa shape index (κ1) is 11.6. The van der Waals surface area contributed by atoms with Crippen molar-refractivity contribution in [3.63, 3.8) is 0 Å². The average Bonchev–Trinajstić information content (AvgIpc) is 2.74. The molecular formula is C12H22N4. The Hall–Kier alpha value is -0.870. The number of aromatic nitrogens is 2. The van der Waals surface area contributed by atoms with Crippen LogP contribution in [0.2, 0.25) is 0 Å². The van der Waals surface area contributed by atoms with E-state index in [0.717, 1.165) is 39.0 Å². The fourth-order valence-electron chi connectivity index (χ4n) is 2.28. The normalized spacial score (nSPS) is 18.4. The monoisotopic (exact) mass is 222 g/mol. The predicted octanol–water partition coefficient (Wildman–Crippen LogP) is 1.22. The highest BCUT2D eigenvalue weighted by Crippen LogP contribution is 2.11. The number of hydrogen-bond acceptors (Lipinski definition) is 3. The van der Waals surface area contributed by atoms with Crippen LogP contribution >= 0.6 is 0 Å². The van der Waals surface area contributed by atoms with E-state index < -0.39 is 0 Å². The molecule has 4 heteroatoms. The predicted molar refractivity (Wildman–Crippen MR) is 65.0 cm³/mol. The lowest BCUT2D eigenvalue weighted by atomic mass is 10.1. The Balaban J connectivity index is 1.77. The third-order valence-electron chi connectivity index (χ3n) is 3.30. The van der Waals surface area contributed by atoms with Gasteiger partial charge in [-0.25, -0.2) is 4.98 Å². The molecule has 2 rings (SSSR count). The molecule has 0 spiro atoms. The minimum absolute atomic E-state index is 0.367. The van der Waals surface area contributed by atoms with Crippen molar-refractivity contribution in [2.24, 2.45) is 5.73 Å². The molecule has 0 radical (unpaired) electrons. The number of nitrogens with zero attached hydrogens (tertiary/aromatic N) is 3. The van der Waals surface area contributed by atoms with Gasteiger partial charge in [0.25, 0.3) is 0 Å². The van der Waals surface area contributed by atoms with Gasteiger partial charge in [0.1, 0.15) is 5.82 Å². The van der Waals surface area contributed by atoms with Gasteiger partial charge in [0.05, 0.1) is 6.54 Å². The molecule has 2 heterocycles. The van der Waals surface area contributed by atoms with Crippen molar-refractivity contribution in [2.45, 2.75) is 45.3 Å². The van der Waals surface area contributed by atoms with Crippen molar-refractivity contribution < 1.29 is 0 Å². The minimum atomic E-state index is 0.367. The van der Waals surface area contributed by atoms with Crippen LogP contribution in [0.4, 0.5) is 0 Å². The van der Waals surface area contributed by atoms with Crippen LogP contribution in [0.5, 0.6) is 0 Å². The van der Waals surface area contributed by atoms with Gasteiger partial charge in [0.2, 0.25) is 0 Å². The largest absolute Gasteiger partial charge is 0.333 e. The van der Waals surface area contributed by atoms with Crippen molar-refractivity contribution in [1.29, 1.82) is 0 Å². The van der Waals surface area contributed by atoms with Crippen LogP contribution in [0.25, 0.3) is 0 Å². The molecule has 0 aromatic carbocycles. The summed E-state index contributed by atoms with van der Waals surface area (Å²) in [4.78, 5) is 6.82. The first-order chi connectivity index (χ1) is 7.79. The van der Waals surface area contributed by atoms with Gasteiger partial charge in [0.15, 0.2) is 0 Å². The standard InChI is InChI=1S/C12H22N4/c1-2-3-11(13)4-6-15-8-9-16-7-5-14-12(16)10-15/h5,7,11H,2-4,6,8-10,13H2,1H3. The fraction of sp³-hybridized carbons (Fsp3) is 0.750. The van der Waals surface area contributed by atoms with E-state index in [1.165, 1.54) is 12.2 Å². The Labute approximate surface area is 97.4 Å². The molecule has 1 aromatic rings. The zero-order valence-electron chi connectivity index (χ0n) is 10.1. The van der Waals surface area contributed by atoms with Crippen molar-refractivity contribution in [1.82, 2.24) is 14.5 Å². The molecule has 0 bridgehead atoms. The molecule has 0 amide bonds. The Bertz CT molecular complexity index is 321. The maximum atomic E-state index is 6.03. The van der Waals surface area contributed by atoms with Crippen LogP contribution in [0.15, 0.2) is 12.4 Å². The third kappa shape index (κ3) is 2.83. The lowest BCUT2D eigenvalue weighted by molar-refractivity contribution is 0.208. The number of fused-ring (bicyclic) bond motifs is 1.